The first-order valence-corrected chi connectivity index (χ1v) is 5.11. The summed E-state index contributed by atoms with van der Waals surface area (Å²) in [7, 11) is 0. The lowest BCUT2D eigenvalue weighted by Gasteiger charge is -2.04. The molecular formula is C12H13NO4. The molecule has 0 aromatic heterocycles. The summed E-state index contributed by atoms with van der Waals surface area (Å²) < 4.78 is 0. The molecule has 5 heteroatoms. The highest BCUT2D eigenvalue weighted by molar-refractivity contribution is 5.96. The van der Waals surface area contributed by atoms with Crippen molar-refractivity contribution in [1.29, 1.82) is 0 Å². The van der Waals surface area contributed by atoms with Crippen molar-refractivity contribution in [3.05, 3.63) is 29.8 Å². The van der Waals surface area contributed by atoms with Crippen molar-refractivity contribution in [2.45, 2.75) is 19.8 Å². The molecule has 5 nitrogen and oxygen atoms in total. The van der Waals surface area contributed by atoms with E-state index in [2.05, 4.69) is 5.32 Å². The Morgan fingerprint density at radius 1 is 1.12 bits per heavy atom. The number of carboxylic acids is 1. The van der Waals surface area contributed by atoms with Crippen LogP contribution < -0.4 is 5.32 Å². The van der Waals surface area contributed by atoms with Gasteiger partial charge in [-0.1, -0.05) is 0 Å². The van der Waals surface area contributed by atoms with Gasteiger partial charge in [0.25, 0.3) is 0 Å². The van der Waals surface area contributed by atoms with Gasteiger partial charge in [-0.3, -0.25) is 14.4 Å². The molecule has 1 aromatic rings. The van der Waals surface area contributed by atoms with E-state index in [1.165, 1.54) is 6.92 Å². The first-order valence-electron chi connectivity index (χ1n) is 5.11. The molecule has 0 radical (unpaired) electrons. The van der Waals surface area contributed by atoms with Gasteiger partial charge in [0, 0.05) is 17.7 Å². The zero-order valence-corrected chi connectivity index (χ0v) is 9.40. The maximum Gasteiger partial charge on any atom is 0.303 e. The number of ketones is 1. The number of hydrogen-bond donors (Lipinski definition) is 2. The maximum atomic E-state index is 11.3. The smallest absolute Gasteiger partial charge is 0.303 e. The third-order valence-electron chi connectivity index (χ3n) is 2.14. The first kappa shape index (κ1) is 12.9. The molecule has 0 aliphatic heterocycles. The molecule has 0 fully saturated rings. The van der Waals surface area contributed by atoms with E-state index in [0.29, 0.717) is 11.3 Å². The minimum absolute atomic E-state index is 0.0475. The number of carboxylic acid groups (broad SMARTS) is 1. The number of hydrogen-bond acceptors (Lipinski definition) is 3. The van der Waals surface area contributed by atoms with Gasteiger partial charge in [-0.15, -0.1) is 0 Å². The Kier molecular flexibility index (Phi) is 4.39. The van der Waals surface area contributed by atoms with E-state index in [-0.39, 0.29) is 24.5 Å². The molecule has 0 aliphatic rings. The summed E-state index contributed by atoms with van der Waals surface area (Å²) in [6, 6.07) is 6.43. The summed E-state index contributed by atoms with van der Waals surface area (Å²) in [5, 5.41) is 11.0. The van der Waals surface area contributed by atoms with E-state index in [1.807, 2.05) is 0 Å². The summed E-state index contributed by atoms with van der Waals surface area (Å²) in [5.74, 6) is -1.41. The first-order chi connectivity index (χ1) is 7.99. The molecule has 0 unspecified atom stereocenters. The summed E-state index contributed by atoms with van der Waals surface area (Å²) in [5.41, 5.74) is 1.11. The number of anilines is 1. The lowest BCUT2D eigenvalue weighted by atomic mass is 10.1. The van der Waals surface area contributed by atoms with E-state index < -0.39 is 5.97 Å². The molecule has 0 saturated carbocycles. The predicted molar refractivity (Wildman–Crippen MR) is 61.9 cm³/mol. The molecule has 1 amide bonds. The van der Waals surface area contributed by atoms with Crippen LogP contribution in [0, 0.1) is 0 Å². The average Bonchev–Trinajstić information content (AvgIpc) is 2.27. The van der Waals surface area contributed by atoms with Crippen LogP contribution in [0.1, 0.15) is 30.1 Å². The lowest BCUT2D eigenvalue weighted by Crippen LogP contribution is -2.13. The van der Waals surface area contributed by atoms with Gasteiger partial charge in [0.2, 0.25) is 5.91 Å². The second kappa shape index (κ2) is 5.79. The number of carbonyl (C=O) groups is 3. The van der Waals surface area contributed by atoms with Crippen LogP contribution in [0.25, 0.3) is 0 Å². The monoisotopic (exact) mass is 235 g/mol. The zero-order valence-electron chi connectivity index (χ0n) is 9.40. The molecule has 1 aromatic carbocycles. The molecule has 1 rings (SSSR count). The molecule has 0 atom stereocenters. The summed E-state index contributed by atoms with van der Waals surface area (Å²) in [6.45, 7) is 1.46. The summed E-state index contributed by atoms with van der Waals surface area (Å²) in [6.07, 6.45) is -0.263. The zero-order chi connectivity index (χ0) is 12.8. The molecule has 0 spiro atoms. The number of aliphatic carboxylic acids is 1. The highest BCUT2D eigenvalue weighted by Crippen LogP contribution is 2.10. The summed E-state index contributed by atoms with van der Waals surface area (Å²) in [4.78, 5) is 32.6. The minimum atomic E-state index is -1.01. The van der Waals surface area contributed by atoms with Crippen LogP contribution in [-0.2, 0) is 9.59 Å². The molecular weight excluding hydrogens is 222 g/mol. The number of Topliss-reactive ketones (excluding diaryl/α,β-unsaturated/α-hetero) is 1. The fraction of sp³-hybridized carbons (Fsp3) is 0.250. The molecule has 17 heavy (non-hydrogen) atoms. The minimum Gasteiger partial charge on any atom is -0.481 e. The predicted octanol–water partition coefficient (Wildman–Crippen LogP) is 1.69. The molecule has 0 bridgehead atoms. The largest absolute Gasteiger partial charge is 0.481 e. The molecule has 2 N–H and O–H groups in total. The molecule has 0 aliphatic carbocycles. The van der Waals surface area contributed by atoms with E-state index in [4.69, 9.17) is 5.11 Å². The lowest BCUT2D eigenvalue weighted by molar-refractivity contribution is -0.138. The van der Waals surface area contributed by atoms with Gasteiger partial charge in [0.1, 0.15) is 0 Å². The number of amides is 1. The molecule has 90 valence electrons. The van der Waals surface area contributed by atoms with Gasteiger partial charge in [-0.25, -0.2) is 0 Å². The number of nitrogens with one attached hydrogen (secondary N) is 1. The Labute approximate surface area is 98.4 Å². The number of benzene rings is 1. The standard InChI is InChI=1S/C12H13NO4/c1-8(14)9-2-4-10(5-3-9)13-11(15)6-7-12(16)17/h2-5H,6-7H2,1H3,(H,13,15)(H,16,17). The number of carbonyl (C=O) groups excluding carboxylic acids is 2. The van der Waals surface area contributed by atoms with Crippen molar-refractivity contribution >= 4 is 23.3 Å². The Balaban J connectivity index is 2.54. The van der Waals surface area contributed by atoms with Crippen molar-refractivity contribution in [2.75, 3.05) is 5.32 Å². The fourth-order valence-corrected chi connectivity index (χ4v) is 1.23. The van der Waals surface area contributed by atoms with E-state index in [1.54, 1.807) is 24.3 Å². The second-order valence-corrected chi connectivity index (χ2v) is 3.58. The highest BCUT2D eigenvalue weighted by atomic mass is 16.4. The van der Waals surface area contributed by atoms with Crippen LogP contribution in [0.3, 0.4) is 0 Å². The Morgan fingerprint density at radius 2 is 1.71 bits per heavy atom. The molecule has 0 saturated heterocycles. The van der Waals surface area contributed by atoms with E-state index in [9.17, 15) is 14.4 Å². The van der Waals surface area contributed by atoms with Crippen LogP contribution in [0.2, 0.25) is 0 Å². The highest BCUT2D eigenvalue weighted by Gasteiger charge is 2.06. The van der Waals surface area contributed by atoms with Crippen LogP contribution in [0.4, 0.5) is 5.69 Å². The third kappa shape index (κ3) is 4.46. The van der Waals surface area contributed by atoms with Gasteiger partial charge >= 0.3 is 5.97 Å². The van der Waals surface area contributed by atoms with Gasteiger partial charge in [0.05, 0.1) is 6.42 Å². The Bertz CT molecular complexity index is 436. The van der Waals surface area contributed by atoms with Crippen molar-refractivity contribution in [3.8, 4) is 0 Å². The average molecular weight is 235 g/mol. The van der Waals surface area contributed by atoms with Crippen molar-refractivity contribution < 1.29 is 19.5 Å². The van der Waals surface area contributed by atoms with Crippen LogP contribution in [-0.4, -0.2) is 22.8 Å². The quantitative estimate of drug-likeness (QED) is 0.761. The van der Waals surface area contributed by atoms with Crippen molar-refractivity contribution in [3.63, 3.8) is 0 Å². The topological polar surface area (TPSA) is 83.5 Å². The molecule has 0 heterocycles. The van der Waals surface area contributed by atoms with Crippen molar-refractivity contribution in [2.24, 2.45) is 0 Å². The summed E-state index contributed by atoms with van der Waals surface area (Å²) >= 11 is 0. The van der Waals surface area contributed by atoms with E-state index >= 15 is 0 Å². The maximum absolute atomic E-state index is 11.3. The van der Waals surface area contributed by atoms with Gasteiger partial charge in [-0.05, 0) is 31.2 Å². The van der Waals surface area contributed by atoms with Crippen LogP contribution >= 0.6 is 0 Å². The van der Waals surface area contributed by atoms with Crippen molar-refractivity contribution in [1.82, 2.24) is 0 Å². The Hall–Kier alpha value is -2.17. The van der Waals surface area contributed by atoms with Crippen LogP contribution in [0.15, 0.2) is 24.3 Å². The van der Waals surface area contributed by atoms with Crippen LogP contribution in [0.5, 0.6) is 0 Å². The van der Waals surface area contributed by atoms with Gasteiger partial charge < -0.3 is 10.4 Å². The SMILES string of the molecule is CC(=O)c1ccc(NC(=O)CCC(=O)O)cc1. The third-order valence-corrected chi connectivity index (χ3v) is 2.14. The fourth-order valence-electron chi connectivity index (χ4n) is 1.23. The number of rotatable bonds is 5. The Morgan fingerprint density at radius 3 is 2.18 bits per heavy atom. The van der Waals surface area contributed by atoms with E-state index in [0.717, 1.165) is 0 Å². The van der Waals surface area contributed by atoms with Gasteiger partial charge in [-0.2, -0.15) is 0 Å². The van der Waals surface area contributed by atoms with Gasteiger partial charge in [0.15, 0.2) is 5.78 Å². The normalized spacial score (nSPS) is 9.71. The second-order valence-electron chi connectivity index (χ2n) is 3.58.